The molecule has 0 atom stereocenters. The van der Waals surface area contributed by atoms with Crippen LogP contribution in [0.3, 0.4) is 0 Å². The second-order valence-electron chi connectivity index (χ2n) is 6.65. The maximum absolute atomic E-state index is 12.3. The van der Waals surface area contributed by atoms with E-state index in [0.717, 1.165) is 0 Å². The van der Waals surface area contributed by atoms with Crippen LogP contribution < -0.4 is 10.1 Å². The summed E-state index contributed by atoms with van der Waals surface area (Å²) in [6.45, 7) is 3.81. The van der Waals surface area contributed by atoms with Crippen molar-refractivity contribution in [1.29, 1.82) is 5.26 Å². The zero-order valence-electron chi connectivity index (χ0n) is 17.0. The summed E-state index contributed by atoms with van der Waals surface area (Å²) >= 11 is 0. The molecule has 154 valence electrons. The number of nitrogens with zero attached hydrogens (tertiary/aromatic N) is 4. The summed E-state index contributed by atoms with van der Waals surface area (Å²) in [5.74, 6) is 1.38. The minimum absolute atomic E-state index is 0.272. The highest BCUT2D eigenvalue weighted by Crippen LogP contribution is 2.30. The predicted molar refractivity (Wildman–Crippen MR) is 115 cm³/mol. The molecule has 0 unspecified atom stereocenters. The van der Waals surface area contributed by atoms with Gasteiger partial charge in [0.15, 0.2) is 0 Å². The van der Waals surface area contributed by atoms with Gasteiger partial charge in [0.05, 0.1) is 41.3 Å². The Balaban J connectivity index is 1.67. The molecule has 0 aliphatic heterocycles. The van der Waals surface area contributed by atoms with Gasteiger partial charge in [0.1, 0.15) is 23.4 Å². The quantitative estimate of drug-likeness (QED) is 0.460. The number of nitrogens with one attached hydrogen (secondary N) is 1. The average molecular weight is 413 g/mol. The third-order valence-electron chi connectivity index (χ3n) is 4.64. The van der Waals surface area contributed by atoms with Gasteiger partial charge in [-0.2, -0.15) is 10.4 Å². The molecule has 0 bridgehead atoms. The Bertz CT molecular complexity index is 1270. The molecule has 3 heterocycles. The summed E-state index contributed by atoms with van der Waals surface area (Å²) in [4.78, 5) is 16.7. The van der Waals surface area contributed by atoms with Crippen LogP contribution in [0, 0.1) is 18.3 Å². The lowest BCUT2D eigenvalue weighted by atomic mass is 10.1. The molecular formula is C23H19N5O3. The molecule has 1 N–H and O–H groups in total. The van der Waals surface area contributed by atoms with Crippen molar-refractivity contribution in [2.24, 2.45) is 0 Å². The number of hydrogen-bond acceptors (Lipinski definition) is 7. The first-order valence-corrected chi connectivity index (χ1v) is 9.65. The zero-order valence-corrected chi connectivity index (χ0v) is 17.0. The Labute approximate surface area is 178 Å². The maximum Gasteiger partial charge on any atom is 0.340 e. The van der Waals surface area contributed by atoms with Crippen molar-refractivity contribution in [2.45, 2.75) is 13.8 Å². The standard InChI is InChI=1S/C23H19N5O3/c1-3-30-23(29)19-14-28-22(15(19)2)21(16(11-24)12-26-28)27-20-10-9-18(13-25-20)31-17-7-5-4-6-8-17/h4-10,12-14H,3H2,1-2H3,(H,25,27). The van der Waals surface area contributed by atoms with Crippen molar-refractivity contribution < 1.29 is 14.3 Å². The third-order valence-corrected chi connectivity index (χ3v) is 4.64. The van der Waals surface area contributed by atoms with E-state index in [1.165, 1.54) is 6.20 Å². The highest BCUT2D eigenvalue weighted by molar-refractivity contribution is 5.97. The fourth-order valence-corrected chi connectivity index (χ4v) is 3.18. The normalized spacial score (nSPS) is 10.5. The lowest BCUT2D eigenvalue weighted by molar-refractivity contribution is 0.0525. The molecular weight excluding hydrogens is 394 g/mol. The number of ether oxygens (including phenoxy) is 2. The van der Waals surface area contributed by atoms with Crippen molar-refractivity contribution in [2.75, 3.05) is 11.9 Å². The summed E-state index contributed by atoms with van der Waals surface area (Å²) in [6, 6.07) is 15.1. The Morgan fingerprint density at radius 2 is 1.97 bits per heavy atom. The van der Waals surface area contributed by atoms with Gasteiger partial charge >= 0.3 is 5.97 Å². The molecule has 0 radical (unpaired) electrons. The number of rotatable bonds is 6. The van der Waals surface area contributed by atoms with E-state index in [-0.39, 0.29) is 6.61 Å². The van der Waals surface area contributed by atoms with Crippen LogP contribution in [0.2, 0.25) is 0 Å². The monoisotopic (exact) mass is 413 g/mol. The van der Waals surface area contributed by atoms with Crippen LogP contribution in [-0.4, -0.2) is 27.2 Å². The van der Waals surface area contributed by atoms with Crippen LogP contribution in [0.15, 0.2) is 61.1 Å². The molecule has 1 aromatic carbocycles. The second-order valence-corrected chi connectivity index (χ2v) is 6.65. The Hall–Kier alpha value is -4.38. The van der Waals surface area contributed by atoms with Gasteiger partial charge in [0, 0.05) is 6.20 Å². The molecule has 0 saturated carbocycles. The number of benzene rings is 1. The number of esters is 1. The van der Waals surface area contributed by atoms with Crippen LogP contribution in [0.1, 0.15) is 28.4 Å². The lowest BCUT2D eigenvalue weighted by Crippen LogP contribution is -2.04. The van der Waals surface area contributed by atoms with Crippen LogP contribution in [0.5, 0.6) is 11.5 Å². The van der Waals surface area contributed by atoms with Gasteiger partial charge in [-0.25, -0.2) is 14.3 Å². The van der Waals surface area contributed by atoms with Gasteiger partial charge in [0.25, 0.3) is 0 Å². The SMILES string of the molecule is CCOC(=O)c1cn2ncc(C#N)c(Nc3ccc(Oc4ccccc4)cn3)c2c1C. The van der Waals surface area contributed by atoms with Gasteiger partial charge in [0.2, 0.25) is 0 Å². The summed E-state index contributed by atoms with van der Waals surface area (Å²) in [7, 11) is 0. The third kappa shape index (κ3) is 4.02. The molecule has 8 nitrogen and oxygen atoms in total. The molecule has 31 heavy (non-hydrogen) atoms. The molecule has 0 spiro atoms. The van der Waals surface area contributed by atoms with E-state index in [0.29, 0.717) is 45.2 Å². The number of carbonyl (C=O) groups is 1. The average Bonchev–Trinajstić information content (AvgIpc) is 3.13. The highest BCUT2D eigenvalue weighted by Gasteiger charge is 2.20. The Morgan fingerprint density at radius 1 is 1.16 bits per heavy atom. The van der Waals surface area contributed by atoms with Crippen LogP contribution in [0.25, 0.3) is 5.52 Å². The smallest absolute Gasteiger partial charge is 0.340 e. The summed E-state index contributed by atoms with van der Waals surface area (Å²) in [6.07, 6.45) is 4.63. The number of para-hydroxylation sites is 1. The summed E-state index contributed by atoms with van der Waals surface area (Å²) < 4.78 is 12.4. The van der Waals surface area contributed by atoms with Crippen molar-refractivity contribution >= 4 is 23.0 Å². The summed E-state index contributed by atoms with van der Waals surface area (Å²) in [5.41, 5.74) is 2.50. The number of carbonyl (C=O) groups excluding carboxylic acids is 1. The number of pyridine rings is 1. The minimum Gasteiger partial charge on any atom is -0.462 e. The van der Waals surface area contributed by atoms with Crippen molar-refractivity contribution in [1.82, 2.24) is 14.6 Å². The number of nitriles is 1. The van der Waals surface area contributed by atoms with E-state index < -0.39 is 5.97 Å². The lowest BCUT2D eigenvalue weighted by Gasteiger charge is -2.11. The highest BCUT2D eigenvalue weighted by atomic mass is 16.5. The van der Waals surface area contributed by atoms with Gasteiger partial charge in [-0.05, 0) is 43.7 Å². The molecule has 0 amide bonds. The van der Waals surface area contributed by atoms with Crippen molar-refractivity contribution in [3.63, 3.8) is 0 Å². The largest absolute Gasteiger partial charge is 0.462 e. The molecule has 0 aliphatic rings. The minimum atomic E-state index is -0.435. The topological polar surface area (TPSA) is 102 Å². The number of hydrogen-bond donors (Lipinski definition) is 1. The molecule has 4 aromatic rings. The van der Waals surface area contributed by atoms with Crippen LogP contribution >= 0.6 is 0 Å². The zero-order chi connectivity index (χ0) is 21.8. The number of aryl methyl sites for hydroxylation is 1. The van der Waals surface area contributed by atoms with E-state index in [9.17, 15) is 10.1 Å². The van der Waals surface area contributed by atoms with E-state index in [1.54, 1.807) is 42.9 Å². The first-order chi connectivity index (χ1) is 15.1. The molecule has 3 aromatic heterocycles. The number of fused-ring (bicyclic) bond motifs is 1. The predicted octanol–water partition coefficient (Wildman–Crippen LogP) is 4.62. The van der Waals surface area contributed by atoms with Gasteiger partial charge < -0.3 is 14.8 Å². The van der Waals surface area contributed by atoms with E-state index >= 15 is 0 Å². The fourth-order valence-electron chi connectivity index (χ4n) is 3.18. The first kappa shape index (κ1) is 19.9. The fraction of sp³-hybridized carbons (Fsp3) is 0.130. The van der Waals surface area contributed by atoms with Crippen LogP contribution in [-0.2, 0) is 4.74 Å². The first-order valence-electron chi connectivity index (χ1n) is 9.65. The van der Waals surface area contributed by atoms with Gasteiger partial charge in [-0.15, -0.1) is 0 Å². The molecule has 0 fully saturated rings. The summed E-state index contributed by atoms with van der Waals surface area (Å²) in [5, 5.41) is 17.0. The molecule has 8 heteroatoms. The van der Waals surface area contributed by atoms with Crippen LogP contribution in [0.4, 0.5) is 11.5 Å². The van der Waals surface area contributed by atoms with Gasteiger partial charge in [-0.3, -0.25) is 0 Å². The van der Waals surface area contributed by atoms with Crippen molar-refractivity contribution in [3.05, 3.63) is 77.7 Å². The van der Waals surface area contributed by atoms with E-state index in [1.807, 2.05) is 30.3 Å². The van der Waals surface area contributed by atoms with E-state index in [2.05, 4.69) is 21.5 Å². The Morgan fingerprint density at radius 3 is 2.65 bits per heavy atom. The molecule has 4 rings (SSSR count). The maximum atomic E-state index is 12.3. The second kappa shape index (κ2) is 8.55. The number of aromatic nitrogens is 3. The Kier molecular flexibility index (Phi) is 5.49. The molecule has 0 saturated heterocycles. The van der Waals surface area contributed by atoms with Crippen molar-refractivity contribution in [3.8, 4) is 17.6 Å². The van der Waals surface area contributed by atoms with E-state index in [4.69, 9.17) is 9.47 Å². The van der Waals surface area contributed by atoms with Gasteiger partial charge in [-0.1, -0.05) is 18.2 Å². The molecule has 0 aliphatic carbocycles. The number of anilines is 2.